The first-order valence-electron chi connectivity index (χ1n) is 10.2. The predicted molar refractivity (Wildman–Crippen MR) is 129 cm³/mol. The van der Waals surface area contributed by atoms with Crippen molar-refractivity contribution in [2.24, 2.45) is 0 Å². The van der Waals surface area contributed by atoms with Crippen LogP contribution in [0, 0.1) is 0 Å². The van der Waals surface area contributed by atoms with E-state index >= 15 is 0 Å². The molecule has 0 N–H and O–H groups in total. The molecule has 1 heterocycles. The van der Waals surface area contributed by atoms with Crippen molar-refractivity contribution in [1.29, 1.82) is 0 Å². The molecular weight excluding hydrogens is 420 g/mol. The molecule has 0 saturated heterocycles. The molecule has 0 atom stereocenters. The average molecular weight is 445 g/mol. The summed E-state index contributed by atoms with van der Waals surface area (Å²) >= 11 is 1.57. The van der Waals surface area contributed by atoms with Gasteiger partial charge in [0.1, 0.15) is 11.6 Å². The lowest BCUT2D eigenvalue weighted by atomic mass is 10.2. The molecular formula is C26H24N2O3S. The lowest BCUT2D eigenvalue weighted by Crippen LogP contribution is -2.24. The zero-order chi connectivity index (χ0) is 22.3. The first-order valence-corrected chi connectivity index (χ1v) is 11.1. The number of fused-ring (bicyclic) bond motifs is 1. The highest BCUT2D eigenvalue weighted by Crippen LogP contribution is 2.29. The number of methoxy groups -OCH3 is 1. The van der Waals surface area contributed by atoms with E-state index in [1.165, 1.54) is 0 Å². The van der Waals surface area contributed by atoms with Gasteiger partial charge in [0.05, 0.1) is 17.3 Å². The normalized spacial score (nSPS) is 11.1. The first kappa shape index (κ1) is 21.6. The molecule has 32 heavy (non-hydrogen) atoms. The molecule has 0 spiro atoms. The van der Waals surface area contributed by atoms with Crippen molar-refractivity contribution in [3.8, 4) is 11.5 Å². The summed E-state index contributed by atoms with van der Waals surface area (Å²) in [6, 6.07) is 23.7. The number of carbonyl (C=O) groups excluding carboxylic acids is 1. The Labute approximate surface area is 191 Å². The SMILES string of the molecule is COc1cc(CN(C)C(=O)C=Cc2nc3ccccc3s2)ccc1OCc1ccccc1. The number of hydrogen-bond acceptors (Lipinski definition) is 5. The Morgan fingerprint density at radius 1 is 1.00 bits per heavy atom. The van der Waals surface area contributed by atoms with Crippen LogP contribution in [0.15, 0.2) is 78.9 Å². The number of amides is 1. The van der Waals surface area contributed by atoms with Gasteiger partial charge in [0, 0.05) is 19.7 Å². The number of carbonyl (C=O) groups is 1. The minimum Gasteiger partial charge on any atom is -0.493 e. The Kier molecular flexibility index (Phi) is 6.82. The Morgan fingerprint density at radius 2 is 1.78 bits per heavy atom. The predicted octanol–water partition coefficient (Wildman–Crippen LogP) is 5.56. The van der Waals surface area contributed by atoms with Crippen LogP contribution in [0.5, 0.6) is 11.5 Å². The minimum atomic E-state index is -0.0902. The van der Waals surface area contributed by atoms with Gasteiger partial charge in [0.2, 0.25) is 5.91 Å². The van der Waals surface area contributed by atoms with E-state index in [4.69, 9.17) is 9.47 Å². The molecule has 4 aromatic rings. The molecule has 3 aromatic carbocycles. The summed E-state index contributed by atoms with van der Waals surface area (Å²) in [5, 5.41) is 0.814. The van der Waals surface area contributed by atoms with E-state index in [2.05, 4.69) is 4.98 Å². The number of benzene rings is 3. The molecule has 0 radical (unpaired) electrons. The van der Waals surface area contributed by atoms with Gasteiger partial charge in [-0.15, -0.1) is 11.3 Å². The van der Waals surface area contributed by atoms with Crippen molar-refractivity contribution in [3.63, 3.8) is 0 Å². The van der Waals surface area contributed by atoms with E-state index in [-0.39, 0.29) is 5.91 Å². The van der Waals surface area contributed by atoms with Gasteiger partial charge in [-0.05, 0) is 41.5 Å². The van der Waals surface area contributed by atoms with Gasteiger partial charge in [0.15, 0.2) is 11.5 Å². The number of nitrogens with zero attached hydrogens (tertiary/aromatic N) is 2. The van der Waals surface area contributed by atoms with Crippen molar-refractivity contribution in [2.45, 2.75) is 13.2 Å². The van der Waals surface area contributed by atoms with Crippen LogP contribution in [0.4, 0.5) is 0 Å². The van der Waals surface area contributed by atoms with Crippen LogP contribution in [0.1, 0.15) is 16.1 Å². The molecule has 0 saturated carbocycles. The molecule has 4 rings (SSSR count). The number of hydrogen-bond donors (Lipinski definition) is 0. The molecule has 1 amide bonds. The van der Waals surface area contributed by atoms with Gasteiger partial charge in [-0.3, -0.25) is 4.79 Å². The summed E-state index contributed by atoms with van der Waals surface area (Å²) in [5.41, 5.74) is 2.99. The van der Waals surface area contributed by atoms with Crippen LogP contribution in [0.25, 0.3) is 16.3 Å². The summed E-state index contributed by atoms with van der Waals surface area (Å²) in [4.78, 5) is 18.8. The molecule has 0 bridgehead atoms. The smallest absolute Gasteiger partial charge is 0.246 e. The Balaban J connectivity index is 1.38. The van der Waals surface area contributed by atoms with E-state index in [0.717, 1.165) is 26.4 Å². The molecule has 6 heteroatoms. The molecule has 5 nitrogen and oxygen atoms in total. The second-order valence-corrected chi connectivity index (χ2v) is 8.37. The Bertz CT molecular complexity index is 1200. The number of ether oxygens (including phenoxy) is 2. The maximum atomic E-state index is 12.6. The van der Waals surface area contributed by atoms with Crippen LogP contribution in [0.3, 0.4) is 0 Å². The molecule has 0 unspecified atom stereocenters. The largest absolute Gasteiger partial charge is 0.493 e. The van der Waals surface area contributed by atoms with Crippen molar-refractivity contribution in [3.05, 3.63) is 95.0 Å². The van der Waals surface area contributed by atoms with Gasteiger partial charge < -0.3 is 14.4 Å². The van der Waals surface area contributed by atoms with E-state index in [9.17, 15) is 4.79 Å². The van der Waals surface area contributed by atoms with Crippen LogP contribution >= 0.6 is 11.3 Å². The summed E-state index contributed by atoms with van der Waals surface area (Å²) in [6.45, 7) is 0.920. The van der Waals surface area contributed by atoms with E-state index in [0.29, 0.717) is 24.7 Å². The monoisotopic (exact) mass is 444 g/mol. The van der Waals surface area contributed by atoms with Crippen molar-refractivity contribution < 1.29 is 14.3 Å². The van der Waals surface area contributed by atoms with Crippen LogP contribution in [0.2, 0.25) is 0 Å². The van der Waals surface area contributed by atoms with Crippen molar-refractivity contribution in [2.75, 3.05) is 14.2 Å². The quantitative estimate of drug-likeness (QED) is 0.334. The van der Waals surface area contributed by atoms with Gasteiger partial charge in [-0.25, -0.2) is 4.98 Å². The highest BCUT2D eigenvalue weighted by atomic mass is 32.1. The summed E-state index contributed by atoms with van der Waals surface area (Å²) < 4.78 is 12.5. The zero-order valence-electron chi connectivity index (χ0n) is 18.0. The van der Waals surface area contributed by atoms with E-state index in [1.807, 2.05) is 72.8 Å². The fraction of sp³-hybridized carbons (Fsp3) is 0.154. The summed E-state index contributed by atoms with van der Waals surface area (Å²) in [7, 11) is 3.39. The topological polar surface area (TPSA) is 51.7 Å². The fourth-order valence-electron chi connectivity index (χ4n) is 3.25. The third kappa shape index (κ3) is 5.34. The first-order chi connectivity index (χ1) is 15.6. The standard InChI is InChI=1S/C26H24N2O3S/c1-28(26(29)15-14-25-27-21-10-6-7-11-24(21)32-25)17-20-12-13-22(23(16-20)30-2)31-18-19-8-4-3-5-9-19/h3-16H,17-18H2,1-2H3. The van der Waals surface area contributed by atoms with Gasteiger partial charge in [0.25, 0.3) is 0 Å². The van der Waals surface area contributed by atoms with Crippen LogP contribution < -0.4 is 9.47 Å². The highest BCUT2D eigenvalue weighted by molar-refractivity contribution is 7.19. The number of thiazole rings is 1. The number of aromatic nitrogens is 1. The van der Waals surface area contributed by atoms with Gasteiger partial charge in [-0.2, -0.15) is 0 Å². The van der Waals surface area contributed by atoms with E-state index < -0.39 is 0 Å². The minimum absolute atomic E-state index is 0.0902. The van der Waals surface area contributed by atoms with Crippen LogP contribution in [-0.2, 0) is 17.9 Å². The fourth-order valence-corrected chi connectivity index (χ4v) is 4.12. The number of rotatable bonds is 8. The third-order valence-electron chi connectivity index (χ3n) is 4.94. The second kappa shape index (κ2) is 10.1. The second-order valence-electron chi connectivity index (χ2n) is 7.31. The number of likely N-dealkylation sites (N-methyl/N-ethyl adjacent to an activating group) is 1. The summed E-state index contributed by atoms with van der Waals surface area (Å²) in [5.74, 6) is 1.22. The van der Waals surface area contributed by atoms with E-state index in [1.54, 1.807) is 42.5 Å². The number of para-hydroxylation sites is 1. The molecule has 1 aromatic heterocycles. The lowest BCUT2D eigenvalue weighted by Gasteiger charge is -2.17. The van der Waals surface area contributed by atoms with Crippen LogP contribution in [-0.4, -0.2) is 29.9 Å². The molecule has 0 fully saturated rings. The van der Waals surface area contributed by atoms with Gasteiger partial charge in [-0.1, -0.05) is 48.5 Å². The molecule has 0 aliphatic rings. The lowest BCUT2D eigenvalue weighted by molar-refractivity contribution is -0.125. The Morgan fingerprint density at radius 3 is 2.56 bits per heavy atom. The zero-order valence-corrected chi connectivity index (χ0v) is 18.8. The third-order valence-corrected chi connectivity index (χ3v) is 5.94. The molecule has 0 aliphatic carbocycles. The maximum absolute atomic E-state index is 12.6. The highest BCUT2D eigenvalue weighted by Gasteiger charge is 2.11. The van der Waals surface area contributed by atoms with Crippen molar-refractivity contribution >= 4 is 33.5 Å². The van der Waals surface area contributed by atoms with Gasteiger partial charge >= 0.3 is 0 Å². The molecule has 162 valence electrons. The summed E-state index contributed by atoms with van der Waals surface area (Å²) in [6.07, 6.45) is 3.33. The molecule has 0 aliphatic heterocycles. The maximum Gasteiger partial charge on any atom is 0.246 e. The Hall–Kier alpha value is -3.64. The average Bonchev–Trinajstić information content (AvgIpc) is 3.25. The van der Waals surface area contributed by atoms with Crippen molar-refractivity contribution in [1.82, 2.24) is 9.88 Å².